The highest BCUT2D eigenvalue weighted by Gasteiger charge is 2.08. The first-order chi connectivity index (χ1) is 8.04. The summed E-state index contributed by atoms with van der Waals surface area (Å²) in [5, 5.41) is 0. The number of hydrogen-bond acceptors (Lipinski definition) is 3. The second kappa shape index (κ2) is 6.61. The molecular formula is C12H16BrNO3. The predicted molar refractivity (Wildman–Crippen MR) is 69.0 cm³/mol. The molecule has 5 heteroatoms. The van der Waals surface area contributed by atoms with Crippen molar-refractivity contribution in [2.75, 3.05) is 13.7 Å². The van der Waals surface area contributed by atoms with Crippen molar-refractivity contribution in [1.82, 2.24) is 5.48 Å². The summed E-state index contributed by atoms with van der Waals surface area (Å²) in [6, 6.07) is 5.09. The lowest BCUT2D eigenvalue weighted by molar-refractivity contribution is 0.0208. The third kappa shape index (κ3) is 4.36. The van der Waals surface area contributed by atoms with Crippen LogP contribution < -0.4 is 10.2 Å². The van der Waals surface area contributed by atoms with E-state index >= 15 is 0 Å². The molecule has 17 heavy (non-hydrogen) atoms. The number of halogens is 1. The van der Waals surface area contributed by atoms with E-state index in [2.05, 4.69) is 21.4 Å². The smallest absolute Gasteiger partial charge is 0.274 e. The zero-order valence-corrected chi connectivity index (χ0v) is 11.7. The maximum atomic E-state index is 11.7. The third-order valence-corrected chi connectivity index (χ3v) is 2.62. The molecule has 1 rings (SSSR count). The minimum Gasteiger partial charge on any atom is -0.496 e. The first kappa shape index (κ1) is 14.0. The molecule has 1 aromatic rings. The van der Waals surface area contributed by atoms with Crippen molar-refractivity contribution in [3.8, 4) is 5.75 Å². The van der Waals surface area contributed by atoms with Crippen molar-refractivity contribution >= 4 is 21.8 Å². The van der Waals surface area contributed by atoms with E-state index in [1.54, 1.807) is 25.3 Å². The Bertz CT molecular complexity index is 393. The highest BCUT2D eigenvalue weighted by atomic mass is 79.9. The Labute approximate surface area is 109 Å². The minimum atomic E-state index is -0.269. The van der Waals surface area contributed by atoms with Crippen molar-refractivity contribution in [3.63, 3.8) is 0 Å². The van der Waals surface area contributed by atoms with Crippen molar-refractivity contribution in [2.24, 2.45) is 5.92 Å². The average Bonchev–Trinajstić information content (AvgIpc) is 2.28. The first-order valence-corrected chi connectivity index (χ1v) is 6.09. The highest BCUT2D eigenvalue weighted by Crippen LogP contribution is 2.25. The van der Waals surface area contributed by atoms with E-state index in [0.29, 0.717) is 23.8 Å². The number of hydroxylamine groups is 1. The lowest BCUT2D eigenvalue weighted by atomic mass is 10.2. The number of carbonyl (C=O) groups is 1. The van der Waals surface area contributed by atoms with Gasteiger partial charge in [-0.1, -0.05) is 13.8 Å². The largest absolute Gasteiger partial charge is 0.496 e. The van der Waals surface area contributed by atoms with Gasteiger partial charge in [-0.2, -0.15) is 0 Å². The number of amides is 1. The van der Waals surface area contributed by atoms with Gasteiger partial charge >= 0.3 is 0 Å². The van der Waals surface area contributed by atoms with Gasteiger partial charge in [0.1, 0.15) is 5.75 Å². The molecule has 0 aromatic heterocycles. The molecule has 0 aliphatic carbocycles. The Morgan fingerprint density at radius 2 is 2.18 bits per heavy atom. The van der Waals surface area contributed by atoms with Crippen LogP contribution >= 0.6 is 15.9 Å². The van der Waals surface area contributed by atoms with Crippen molar-refractivity contribution in [2.45, 2.75) is 13.8 Å². The molecule has 1 amide bonds. The molecule has 0 atom stereocenters. The van der Waals surface area contributed by atoms with E-state index in [-0.39, 0.29) is 5.91 Å². The molecule has 0 heterocycles. The molecule has 4 nitrogen and oxygen atoms in total. The van der Waals surface area contributed by atoms with E-state index in [1.807, 2.05) is 13.8 Å². The fourth-order valence-electron chi connectivity index (χ4n) is 1.14. The molecule has 0 aliphatic rings. The standard InChI is InChI=1S/C12H16BrNO3/c1-8(2)7-17-14-12(15)9-4-5-11(16-3)10(13)6-9/h4-6,8H,7H2,1-3H3,(H,14,15). The van der Waals surface area contributed by atoms with Gasteiger partial charge in [0.15, 0.2) is 0 Å². The van der Waals surface area contributed by atoms with Crippen LogP contribution in [0.15, 0.2) is 22.7 Å². The van der Waals surface area contributed by atoms with Crippen LogP contribution in [0.1, 0.15) is 24.2 Å². The second-order valence-corrected chi connectivity index (χ2v) is 4.84. The lowest BCUT2D eigenvalue weighted by Gasteiger charge is -2.09. The number of nitrogens with one attached hydrogen (secondary N) is 1. The van der Waals surface area contributed by atoms with Gasteiger partial charge in [0.05, 0.1) is 18.2 Å². The summed E-state index contributed by atoms with van der Waals surface area (Å²) < 4.78 is 5.82. The van der Waals surface area contributed by atoms with Crippen LogP contribution in [0.2, 0.25) is 0 Å². The summed E-state index contributed by atoms with van der Waals surface area (Å²) in [5.41, 5.74) is 2.91. The van der Waals surface area contributed by atoms with Gasteiger partial charge in [-0.3, -0.25) is 9.63 Å². The first-order valence-electron chi connectivity index (χ1n) is 5.30. The van der Waals surface area contributed by atoms with Crippen LogP contribution in [0.5, 0.6) is 5.75 Å². The van der Waals surface area contributed by atoms with Gasteiger partial charge in [0.25, 0.3) is 5.91 Å². The predicted octanol–water partition coefficient (Wildman–Crippen LogP) is 2.78. The van der Waals surface area contributed by atoms with Gasteiger partial charge < -0.3 is 4.74 Å². The topological polar surface area (TPSA) is 47.6 Å². The zero-order valence-electron chi connectivity index (χ0n) is 10.1. The van der Waals surface area contributed by atoms with Crippen molar-refractivity contribution < 1.29 is 14.4 Å². The van der Waals surface area contributed by atoms with Crippen molar-refractivity contribution in [1.29, 1.82) is 0 Å². The van der Waals surface area contributed by atoms with Gasteiger partial charge in [-0.25, -0.2) is 5.48 Å². The van der Waals surface area contributed by atoms with Crippen LogP contribution in [0, 0.1) is 5.92 Å². The summed E-state index contributed by atoms with van der Waals surface area (Å²) >= 11 is 3.32. The van der Waals surface area contributed by atoms with Crippen LogP contribution in [-0.2, 0) is 4.84 Å². The maximum Gasteiger partial charge on any atom is 0.274 e. The van der Waals surface area contributed by atoms with Gasteiger partial charge in [-0.05, 0) is 40.0 Å². The fourth-order valence-corrected chi connectivity index (χ4v) is 1.68. The van der Waals surface area contributed by atoms with E-state index in [4.69, 9.17) is 9.57 Å². The molecule has 0 saturated heterocycles. The molecular weight excluding hydrogens is 286 g/mol. The van der Waals surface area contributed by atoms with Crippen LogP contribution in [0.3, 0.4) is 0 Å². The third-order valence-electron chi connectivity index (χ3n) is 2.00. The normalized spacial score (nSPS) is 10.4. The van der Waals surface area contributed by atoms with Gasteiger partial charge in [-0.15, -0.1) is 0 Å². The molecule has 0 unspecified atom stereocenters. The molecule has 0 fully saturated rings. The zero-order chi connectivity index (χ0) is 12.8. The van der Waals surface area contributed by atoms with Gasteiger partial charge in [0.2, 0.25) is 0 Å². The number of ether oxygens (including phenoxy) is 1. The second-order valence-electron chi connectivity index (χ2n) is 3.99. The SMILES string of the molecule is COc1ccc(C(=O)NOCC(C)C)cc1Br. The van der Waals surface area contributed by atoms with E-state index in [9.17, 15) is 4.79 Å². The van der Waals surface area contributed by atoms with Crippen LogP contribution in [0.4, 0.5) is 0 Å². The Hall–Kier alpha value is -1.07. The van der Waals surface area contributed by atoms with E-state index < -0.39 is 0 Å². The summed E-state index contributed by atoms with van der Waals surface area (Å²) in [4.78, 5) is 16.7. The number of methoxy groups -OCH3 is 1. The summed E-state index contributed by atoms with van der Waals surface area (Å²) in [7, 11) is 1.57. The van der Waals surface area contributed by atoms with E-state index in [0.717, 1.165) is 4.47 Å². The molecule has 1 aromatic carbocycles. The minimum absolute atomic E-state index is 0.269. The molecule has 1 N–H and O–H groups in total. The number of carbonyl (C=O) groups excluding carboxylic acids is 1. The number of benzene rings is 1. The van der Waals surface area contributed by atoms with Crippen molar-refractivity contribution in [3.05, 3.63) is 28.2 Å². The summed E-state index contributed by atoms with van der Waals surface area (Å²) in [6.45, 7) is 4.51. The quantitative estimate of drug-likeness (QED) is 0.851. The molecule has 0 aliphatic heterocycles. The summed E-state index contributed by atoms with van der Waals surface area (Å²) in [5.74, 6) is 0.788. The Morgan fingerprint density at radius 3 is 2.71 bits per heavy atom. The number of rotatable bonds is 5. The van der Waals surface area contributed by atoms with Crippen LogP contribution in [-0.4, -0.2) is 19.6 Å². The molecule has 0 saturated carbocycles. The average molecular weight is 302 g/mol. The Morgan fingerprint density at radius 1 is 1.47 bits per heavy atom. The Balaban J connectivity index is 2.60. The highest BCUT2D eigenvalue weighted by molar-refractivity contribution is 9.10. The molecule has 0 spiro atoms. The Kier molecular flexibility index (Phi) is 5.44. The fraction of sp³-hybridized carbons (Fsp3) is 0.417. The molecule has 0 radical (unpaired) electrons. The lowest BCUT2D eigenvalue weighted by Crippen LogP contribution is -2.25. The van der Waals surface area contributed by atoms with E-state index in [1.165, 1.54) is 0 Å². The van der Waals surface area contributed by atoms with Gasteiger partial charge in [0, 0.05) is 5.56 Å². The molecule has 94 valence electrons. The van der Waals surface area contributed by atoms with Crippen LogP contribution in [0.25, 0.3) is 0 Å². The number of hydrogen-bond donors (Lipinski definition) is 1. The monoisotopic (exact) mass is 301 g/mol. The summed E-state index contributed by atoms with van der Waals surface area (Å²) in [6.07, 6.45) is 0. The molecule has 0 bridgehead atoms. The maximum absolute atomic E-state index is 11.7.